The summed E-state index contributed by atoms with van der Waals surface area (Å²) < 4.78 is 10.6. The van der Waals surface area contributed by atoms with Crippen molar-refractivity contribution in [2.45, 2.75) is 34.2 Å². The van der Waals surface area contributed by atoms with Crippen LogP contribution in [-0.4, -0.2) is 45.7 Å². The summed E-state index contributed by atoms with van der Waals surface area (Å²) in [6.45, 7) is 10.0. The number of carbonyl (C=O) groups excluding carboxylic acids is 1. The molecule has 0 fully saturated rings. The van der Waals surface area contributed by atoms with E-state index in [1.807, 2.05) is 45.9 Å². The number of methoxy groups -OCH3 is 2. The van der Waals surface area contributed by atoms with Crippen molar-refractivity contribution in [2.24, 2.45) is 10.4 Å². The molecule has 0 spiro atoms. The van der Waals surface area contributed by atoms with Gasteiger partial charge >= 0.3 is 0 Å². The summed E-state index contributed by atoms with van der Waals surface area (Å²) in [4.78, 5) is 16.4. The Bertz CT molecular complexity index is 609. The van der Waals surface area contributed by atoms with Gasteiger partial charge in [0.1, 0.15) is 11.5 Å². The van der Waals surface area contributed by atoms with Crippen LogP contribution >= 0.6 is 0 Å². The van der Waals surface area contributed by atoms with E-state index in [2.05, 4.69) is 20.9 Å². The zero-order valence-electron chi connectivity index (χ0n) is 16.7. The van der Waals surface area contributed by atoms with Crippen LogP contribution in [0.5, 0.6) is 11.5 Å². The molecule has 0 saturated carbocycles. The summed E-state index contributed by atoms with van der Waals surface area (Å²) in [5.41, 5.74) is 0.579. The maximum absolute atomic E-state index is 11.9. The van der Waals surface area contributed by atoms with Gasteiger partial charge in [-0.05, 0) is 19.1 Å². The first kappa shape index (κ1) is 21.6. The third-order valence-electron chi connectivity index (χ3n) is 3.63. The van der Waals surface area contributed by atoms with Crippen LogP contribution in [-0.2, 0) is 11.3 Å². The summed E-state index contributed by atoms with van der Waals surface area (Å²) in [5, 5.41) is 9.32. The Kier molecular flexibility index (Phi) is 8.75. The van der Waals surface area contributed by atoms with Crippen LogP contribution in [0.25, 0.3) is 0 Å². The van der Waals surface area contributed by atoms with Crippen LogP contribution in [0.1, 0.15) is 33.3 Å². The number of nitrogens with one attached hydrogen (secondary N) is 3. The molecule has 0 aliphatic carbocycles. The standard InChI is InChI=1S/C19H32N4O3/c1-7-20-18(22-11-10-21-17(24)19(2,3)4)23-13-14-8-9-15(25-5)12-16(14)26-6/h8-9,12H,7,10-11,13H2,1-6H3,(H,21,24)(H2,20,22,23). The van der Waals surface area contributed by atoms with Gasteiger partial charge in [-0.1, -0.05) is 20.8 Å². The first-order valence-electron chi connectivity index (χ1n) is 8.83. The van der Waals surface area contributed by atoms with Crippen LogP contribution in [0.15, 0.2) is 23.2 Å². The topological polar surface area (TPSA) is 84.0 Å². The Labute approximate surface area is 156 Å². The fraction of sp³-hybridized carbons (Fsp3) is 0.579. The number of guanidine groups is 1. The first-order valence-corrected chi connectivity index (χ1v) is 8.83. The number of benzene rings is 1. The minimum Gasteiger partial charge on any atom is -0.497 e. The molecule has 0 saturated heterocycles. The summed E-state index contributed by atoms with van der Waals surface area (Å²) >= 11 is 0. The van der Waals surface area contributed by atoms with E-state index in [4.69, 9.17) is 9.47 Å². The Morgan fingerprint density at radius 1 is 1.08 bits per heavy atom. The van der Waals surface area contributed by atoms with Crippen LogP contribution in [0.2, 0.25) is 0 Å². The van der Waals surface area contributed by atoms with Crippen LogP contribution in [0.3, 0.4) is 0 Å². The number of hydrogen-bond donors (Lipinski definition) is 3. The van der Waals surface area contributed by atoms with Crippen molar-refractivity contribution in [1.29, 1.82) is 0 Å². The lowest BCUT2D eigenvalue weighted by molar-refractivity contribution is -0.128. The lowest BCUT2D eigenvalue weighted by atomic mass is 9.96. The highest BCUT2D eigenvalue weighted by molar-refractivity contribution is 5.81. The lowest BCUT2D eigenvalue weighted by Gasteiger charge is -2.18. The second-order valence-electron chi connectivity index (χ2n) is 6.81. The number of nitrogens with zero attached hydrogens (tertiary/aromatic N) is 1. The average molecular weight is 364 g/mol. The number of carbonyl (C=O) groups is 1. The van der Waals surface area contributed by atoms with Crippen molar-refractivity contribution in [2.75, 3.05) is 33.9 Å². The molecule has 0 bridgehead atoms. The van der Waals surface area contributed by atoms with Crippen LogP contribution in [0, 0.1) is 5.41 Å². The summed E-state index contributed by atoms with van der Waals surface area (Å²) in [6.07, 6.45) is 0. The van der Waals surface area contributed by atoms with Gasteiger partial charge in [0.25, 0.3) is 0 Å². The number of hydrogen-bond acceptors (Lipinski definition) is 4. The van der Waals surface area contributed by atoms with Gasteiger partial charge in [0.15, 0.2) is 5.96 Å². The third kappa shape index (κ3) is 7.21. The monoisotopic (exact) mass is 364 g/mol. The van der Waals surface area contributed by atoms with E-state index in [1.54, 1.807) is 14.2 Å². The van der Waals surface area contributed by atoms with Gasteiger partial charge in [0.05, 0.1) is 20.8 Å². The molecule has 0 radical (unpaired) electrons. The number of amides is 1. The zero-order valence-corrected chi connectivity index (χ0v) is 16.7. The van der Waals surface area contributed by atoms with E-state index in [9.17, 15) is 4.79 Å². The molecule has 146 valence electrons. The molecule has 0 atom stereocenters. The van der Waals surface area contributed by atoms with Gasteiger partial charge in [-0.25, -0.2) is 4.99 Å². The van der Waals surface area contributed by atoms with Gasteiger partial charge in [-0.15, -0.1) is 0 Å². The molecule has 7 nitrogen and oxygen atoms in total. The van der Waals surface area contributed by atoms with Gasteiger partial charge < -0.3 is 25.4 Å². The fourth-order valence-corrected chi connectivity index (χ4v) is 2.11. The zero-order chi connectivity index (χ0) is 19.6. The third-order valence-corrected chi connectivity index (χ3v) is 3.63. The van der Waals surface area contributed by atoms with Crippen molar-refractivity contribution in [1.82, 2.24) is 16.0 Å². The predicted molar refractivity (Wildman–Crippen MR) is 105 cm³/mol. The highest BCUT2D eigenvalue weighted by Crippen LogP contribution is 2.25. The molecule has 0 unspecified atom stereocenters. The summed E-state index contributed by atoms with van der Waals surface area (Å²) in [6, 6.07) is 5.66. The van der Waals surface area contributed by atoms with Crippen molar-refractivity contribution < 1.29 is 14.3 Å². The average Bonchev–Trinajstić information content (AvgIpc) is 2.61. The van der Waals surface area contributed by atoms with Gasteiger partial charge in [-0.3, -0.25) is 4.79 Å². The quantitative estimate of drug-likeness (QED) is 0.373. The highest BCUT2D eigenvalue weighted by Gasteiger charge is 2.20. The first-order chi connectivity index (χ1) is 12.3. The summed E-state index contributed by atoms with van der Waals surface area (Å²) in [5.74, 6) is 2.20. The van der Waals surface area contributed by atoms with E-state index in [0.29, 0.717) is 25.6 Å². The minimum atomic E-state index is -0.385. The van der Waals surface area contributed by atoms with E-state index in [0.717, 1.165) is 23.6 Å². The van der Waals surface area contributed by atoms with Crippen molar-refractivity contribution in [3.05, 3.63) is 23.8 Å². The smallest absolute Gasteiger partial charge is 0.225 e. The molecule has 0 aliphatic heterocycles. The molecule has 26 heavy (non-hydrogen) atoms. The minimum absolute atomic E-state index is 0.0317. The van der Waals surface area contributed by atoms with Gasteiger partial charge in [-0.2, -0.15) is 0 Å². The van der Waals surface area contributed by atoms with Gasteiger partial charge in [0, 0.05) is 36.7 Å². The number of aliphatic imine (C=N–C) groups is 1. The van der Waals surface area contributed by atoms with Crippen LogP contribution in [0.4, 0.5) is 0 Å². The maximum Gasteiger partial charge on any atom is 0.225 e. The van der Waals surface area contributed by atoms with Crippen molar-refractivity contribution in [3.63, 3.8) is 0 Å². The van der Waals surface area contributed by atoms with Gasteiger partial charge in [0.2, 0.25) is 5.91 Å². The molecule has 0 heterocycles. The molecule has 0 aliphatic rings. The Morgan fingerprint density at radius 3 is 2.35 bits per heavy atom. The maximum atomic E-state index is 11.9. The molecule has 1 aromatic carbocycles. The van der Waals surface area contributed by atoms with Crippen molar-refractivity contribution >= 4 is 11.9 Å². The normalized spacial score (nSPS) is 11.7. The molecular formula is C19H32N4O3. The largest absolute Gasteiger partial charge is 0.497 e. The Morgan fingerprint density at radius 2 is 1.77 bits per heavy atom. The molecule has 0 aromatic heterocycles. The molecular weight excluding hydrogens is 332 g/mol. The Balaban J connectivity index is 2.62. The number of rotatable bonds is 8. The van der Waals surface area contributed by atoms with Crippen LogP contribution < -0.4 is 25.4 Å². The van der Waals surface area contributed by atoms with E-state index >= 15 is 0 Å². The molecule has 1 rings (SSSR count). The second kappa shape index (κ2) is 10.5. The predicted octanol–water partition coefficient (Wildman–Crippen LogP) is 1.92. The summed E-state index contributed by atoms with van der Waals surface area (Å²) in [7, 11) is 3.25. The molecule has 1 aromatic rings. The SMILES string of the molecule is CCNC(=NCc1ccc(OC)cc1OC)NCCNC(=O)C(C)(C)C. The van der Waals surface area contributed by atoms with E-state index in [1.165, 1.54) is 0 Å². The Hall–Kier alpha value is -2.44. The molecule has 1 amide bonds. The number of ether oxygens (including phenoxy) is 2. The lowest BCUT2D eigenvalue weighted by Crippen LogP contribution is -2.43. The van der Waals surface area contributed by atoms with E-state index < -0.39 is 0 Å². The van der Waals surface area contributed by atoms with E-state index in [-0.39, 0.29) is 11.3 Å². The molecule has 3 N–H and O–H groups in total. The molecule has 7 heteroatoms. The fourth-order valence-electron chi connectivity index (χ4n) is 2.11. The highest BCUT2D eigenvalue weighted by atomic mass is 16.5. The van der Waals surface area contributed by atoms with Crippen molar-refractivity contribution in [3.8, 4) is 11.5 Å². The second-order valence-corrected chi connectivity index (χ2v) is 6.81.